The molecule has 28 heavy (non-hydrogen) atoms. The lowest BCUT2D eigenvalue weighted by Crippen LogP contribution is -2.43. The van der Waals surface area contributed by atoms with Gasteiger partial charge >= 0.3 is 5.97 Å². The molecule has 0 aromatic heterocycles. The number of hydrogen-bond acceptors (Lipinski definition) is 6. The average molecular weight is 403 g/mol. The molecule has 0 unspecified atom stereocenters. The van der Waals surface area contributed by atoms with Crippen LogP contribution in [0.15, 0.2) is 59.5 Å². The third kappa shape index (κ3) is 6.31. The van der Waals surface area contributed by atoms with Crippen LogP contribution in [0, 0.1) is 0 Å². The monoisotopic (exact) mass is 403 g/mol. The Hall–Kier alpha value is -3.00. The summed E-state index contributed by atoms with van der Waals surface area (Å²) in [5, 5.41) is 2.56. The first-order valence-electron chi connectivity index (χ1n) is 8.48. The molecular formula is C20H21NO6S. The van der Waals surface area contributed by atoms with Gasteiger partial charge in [0.15, 0.2) is 22.2 Å². The van der Waals surface area contributed by atoms with Crippen LogP contribution in [-0.2, 0) is 30.6 Å². The zero-order valence-corrected chi connectivity index (χ0v) is 16.4. The van der Waals surface area contributed by atoms with Crippen molar-refractivity contribution in [1.29, 1.82) is 0 Å². The number of carbonyl (C=O) groups is 3. The summed E-state index contributed by atoms with van der Waals surface area (Å²) in [6, 6.07) is 13.7. The lowest BCUT2D eigenvalue weighted by molar-refractivity contribution is -0.128. The first kappa shape index (κ1) is 21.3. The smallest absolute Gasteiger partial charge is 0.338 e. The largest absolute Gasteiger partial charge is 0.452 e. The number of hydrogen-bond donors (Lipinski definition) is 1. The highest BCUT2D eigenvalue weighted by atomic mass is 32.2. The van der Waals surface area contributed by atoms with Gasteiger partial charge in [-0.2, -0.15) is 0 Å². The van der Waals surface area contributed by atoms with Gasteiger partial charge in [0.25, 0.3) is 5.91 Å². The van der Waals surface area contributed by atoms with E-state index in [9.17, 15) is 22.8 Å². The summed E-state index contributed by atoms with van der Waals surface area (Å²) in [6.07, 6.45) is 1.40. The number of ketones is 1. The number of amides is 1. The van der Waals surface area contributed by atoms with Gasteiger partial charge in [0.2, 0.25) is 0 Å². The molecule has 0 aliphatic heterocycles. The van der Waals surface area contributed by atoms with Crippen molar-refractivity contribution in [3.8, 4) is 0 Å². The molecule has 148 valence electrons. The van der Waals surface area contributed by atoms with Crippen LogP contribution in [0.3, 0.4) is 0 Å². The third-order valence-electron chi connectivity index (χ3n) is 3.96. The van der Waals surface area contributed by atoms with E-state index in [4.69, 9.17) is 4.74 Å². The molecule has 1 atom stereocenters. The Morgan fingerprint density at radius 3 is 2.14 bits per heavy atom. The van der Waals surface area contributed by atoms with Crippen LogP contribution in [0.2, 0.25) is 0 Å². The fourth-order valence-corrected chi connectivity index (χ4v) is 3.07. The molecule has 0 spiro atoms. The number of carbonyl (C=O) groups excluding carboxylic acids is 3. The van der Waals surface area contributed by atoms with Gasteiger partial charge in [0.1, 0.15) is 0 Å². The molecule has 0 aliphatic rings. The normalized spacial score (nSPS) is 12.1. The molecule has 1 amide bonds. The van der Waals surface area contributed by atoms with Crippen LogP contribution in [0.4, 0.5) is 0 Å². The highest BCUT2D eigenvalue weighted by Crippen LogP contribution is 2.11. The Morgan fingerprint density at radius 2 is 1.61 bits per heavy atom. The molecule has 0 aliphatic carbocycles. The minimum Gasteiger partial charge on any atom is -0.452 e. The average Bonchev–Trinajstić information content (AvgIpc) is 2.65. The van der Waals surface area contributed by atoms with E-state index in [0.29, 0.717) is 6.42 Å². The van der Waals surface area contributed by atoms with Gasteiger partial charge in [-0.1, -0.05) is 30.3 Å². The second-order valence-corrected chi connectivity index (χ2v) is 8.31. The summed E-state index contributed by atoms with van der Waals surface area (Å²) >= 11 is 0. The van der Waals surface area contributed by atoms with Crippen molar-refractivity contribution in [1.82, 2.24) is 5.32 Å². The topological polar surface area (TPSA) is 107 Å². The summed E-state index contributed by atoms with van der Waals surface area (Å²) in [6.45, 7) is 0.828. The summed E-state index contributed by atoms with van der Waals surface area (Å²) in [4.78, 5) is 35.9. The van der Waals surface area contributed by atoms with Gasteiger partial charge in [0, 0.05) is 6.26 Å². The molecule has 2 aromatic carbocycles. The second-order valence-electron chi connectivity index (χ2n) is 6.29. The summed E-state index contributed by atoms with van der Waals surface area (Å²) in [5.41, 5.74) is 1.01. The summed E-state index contributed by atoms with van der Waals surface area (Å²) in [5.74, 6) is -1.57. The maximum atomic E-state index is 12.0. The molecule has 0 fully saturated rings. The van der Waals surface area contributed by atoms with Gasteiger partial charge < -0.3 is 10.1 Å². The van der Waals surface area contributed by atoms with E-state index in [1.54, 1.807) is 0 Å². The number of esters is 1. The minimum absolute atomic E-state index is 0.0759. The maximum absolute atomic E-state index is 12.0. The zero-order chi connectivity index (χ0) is 20.7. The Kier molecular flexibility index (Phi) is 7.06. The number of benzene rings is 2. The second kappa shape index (κ2) is 9.27. The van der Waals surface area contributed by atoms with Crippen molar-refractivity contribution in [3.05, 3.63) is 65.7 Å². The van der Waals surface area contributed by atoms with Crippen molar-refractivity contribution in [2.45, 2.75) is 24.3 Å². The van der Waals surface area contributed by atoms with E-state index in [1.165, 1.54) is 31.2 Å². The van der Waals surface area contributed by atoms with E-state index in [1.807, 2.05) is 30.3 Å². The number of rotatable bonds is 8. The van der Waals surface area contributed by atoms with Crippen molar-refractivity contribution in [2.24, 2.45) is 0 Å². The van der Waals surface area contributed by atoms with Crippen LogP contribution in [0.5, 0.6) is 0 Å². The molecule has 0 saturated heterocycles. The molecular weight excluding hydrogens is 382 g/mol. The fraction of sp³-hybridized carbons (Fsp3) is 0.250. The molecule has 0 bridgehead atoms. The standard InChI is InChI=1S/C20H21NO6S/c1-14(22)18(12-15-6-4-3-5-7-15)21-19(23)13-27-20(24)16-8-10-17(11-9-16)28(2,25)26/h3-11,18H,12-13H2,1-2H3,(H,21,23)/t18-/m1/s1. The van der Waals surface area contributed by atoms with Crippen molar-refractivity contribution in [2.75, 3.05) is 12.9 Å². The SMILES string of the molecule is CC(=O)[C@@H](Cc1ccccc1)NC(=O)COC(=O)c1ccc(S(C)(=O)=O)cc1. The number of Topliss-reactive ketones (excluding diaryl/α,β-unsaturated/α-hetero) is 1. The van der Waals surface area contributed by atoms with Crippen LogP contribution >= 0.6 is 0 Å². The lowest BCUT2D eigenvalue weighted by Gasteiger charge is -2.16. The minimum atomic E-state index is -3.37. The Morgan fingerprint density at radius 1 is 1.00 bits per heavy atom. The Balaban J connectivity index is 1.91. The first-order chi connectivity index (χ1) is 13.2. The van der Waals surface area contributed by atoms with E-state index >= 15 is 0 Å². The van der Waals surface area contributed by atoms with E-state index in [-0.39, 0.29) is 16.2 Å². The highest BCUT2D eigenvalue weighted by molar-refractivity contribution is 7.90. The fourth-order valence-electron chi connectivity index (χ4n) is 2.43. The Bertz CT molecular complexity index is 952. The quantitative estimate of drug-likeness (QED) is 0.671. The van der Waals surface area contributed by atoms with Gasteiger partial charge in [-0.15, -0.1) is 0 Å². The van der Waals surface area contributed by atoms with Crippen LogP contribution in [0.25, 0.3) is 0 Å². The molecule has 8 heteroatoms. The first-order valence-corrected chi connectivity index (χ1v) is 10.4. The number of ether oxygens (including phenoxy) is 1. The van der Waals surface area contributed by atoms with Crippen LogP contribution < -0.4 is 5.32 Å². The predicted molar refractivity (Wildman–Crippen MR) is 103 cm³/mol. The molecule has 0 heterocycles. The summed E-state index contributed by atoms with van der Waals surface area (Å²) < 4.78 is 27.8. The van der Waals surface area contributed by atoms with Gasteiger partial charge in [0.05, 0.1) is 16.5 Å². The molecule has 1 N–H and O–H groups in total. The van der Waals surface area contributed by atoms with E-state index in [0.717, 1.165) is 11.8 Å². The molecule has 0 saturated carbocycles. The predicted octanol–water partition coefficient (Wildman–Crippen LogP) is 1.56. The number of sulfone groups is 1. The molecule has 2 aromatic rings. The zero-order valence-electron chi connectivity index (χ0n) is 15.5. The highest BCUT2D eigenvalue weighted by Gasteiger charge is 2.19. The Labute approximate surface area is 163 Å². The molecule has 2 rings (SSSR count). The van der Waals surface area contributed by atoms with Crippen LogP contribution in [-0.4, -0.2) is 45.0 Å². The maximum Gasteiger partial charge on any atom is 0.338 e. The number of nitrogens with one attached hydrogen (secondary N) is 1. The van der Waals surface area contributed by atoms with E-state index in [2.05, 4.69) is 5.32 Å². The van der Waals surface area contributed by atoms with Gasteiger partial charge in [-0.05, 0) is 43.2 Å². The summed E-state index contributed by atoms with van der Waals surface area (Å²) in [7, 11) is -3.37. The van der Waals surface area contributed by atoms with Crippen LogP contribution in [0.1, 0.15) is 22.8 Å². The van der Waals surface area contributed by atoms with Crippen molar-refractivity contribution in [3.63, 3.8) is 0 Å². The van der Waals surface area contributed by atoms with Gasteiger partial charge in [-0.3, -0.25) is 9.59 Å². The third-order valence-corrected chi connectivity index (χ3v) is 5.09. The van der Waals surface area contributed by atoms with Gasteiger partial charge in [-0.25, -0.2) is 13.2 Å². The van der Waals surface area contributed by atoms with Crippen molar-refractivity contribution >= 4 is 27.5 Å². The molecule has 7 nitrogen and oxygen atoms in total. The van der Waals surface area contributed by atoms with E-state index < -0.39 is 34.4 Å². The molecule has 0 radical (unpaired) electrons. The van der Waals surface area contributed by atoms with Crippen molar-refractivity contribution < 1.29 is 27.5 Å². The lowest BCUT2D eigenvalue weighted by atomic mass is 10.0.